The molecule has 0 atom stereocenters. The molecule has 0 spiro atoms. The molecular formula is C27H21FN2O2S. The average Bonchev–Trinajstić information content (AvgIpc) is 2.85. The van der Waals surface area contributed by atoms with Gasteiger partial charge in [-0.1, -0.05) is 35.5 Å². The Balaban J connectivity index is 1.92. The van der Waals surface area contributed by atoms with Gasteiger partial charge in [0.1, 0.15) is 16.9 Å². The third kappa shape index (κ3) is 4.84. The quantitative estimate of drug-likeness (QED) is 0.316. The lowest BCUT2D eigenvalue weighted by Gasteiger charge is -2.14. The Kier molecular flexibility index (Phi) is 6.62. The van der Waals surface area contributed by atoms with Crippen molar-refractivity contribution in [3.8, 4) is 40.0 Å². The minimum Gasteiger partial charge on any atom is -0.493 e. The Morgan fingerprint density at radius 2 is 1.52 bits per heavy atom. The molecule has 0 saturated heterocycles. The molecule has 0 fully saturated rings. The second kappa shape index (κ2) is 9.76. The van der Waals surface area contributed by atoms with Gasteiger partial charge in [0, 0.05) is 16.0 Å². The van der Waals surface area contributed by atoms with Crippen molar-refractivity contribution < 1.29 is 13.9 Å². The van der Waals surface area contributed by atoms with E-state index in [1.807, 2.05) is 49.4 Å². The first-order chi connectivity index (χ1) is 16.0. The van der Waals surface area contributed by atoms with Crippen LogP contribution in [0.5, 0.6) is 11.5 Å². The molecule has 4 nitrogen and oxygen atoms in total. The first kappa shape index (κ1) is 22.4. The first-order valence-electron chi connectivity index (χ1n) is 10.2. The van der Waals surface area contributed by atoms with Crippen molar-refractivity contribution in [2.75, 3.05) is 14.2 Å². The maximum atomic E-state index is 13.5. The fourth-order valence-corrected chi connectivity index (χ4v) is 4.32. The summed E-state index contributed by atoms with van der Waals surface area (Å²) in [6.07, 6.45) is 0. The Bertz CT molecular complexity index is 1330. The number of ether oxygens (including phenoxy) is 2. The summed E-state index contributed by atoms with van der Waals surface area (Å²) in [6.45, 7) is 2.03. The molecule has 0 aliphatic rings. The van der Waals surface area contributed by atoms with Crippen molar-refractivity contribution in [3.63, 3.8) is 0 Å². The Hall–Kier alpha value is -3.82. The summed E-state index contributed by atoms with van der Waals surface area (Å²) in [4.78, 5) is 5.76. The number of methoxy groups -OCH3 is 2. The molecule has 6 heteroatoms. The van der Waals surface area contributed by atoms with E-state index in [4.69, 9.17) is 14.5 Å². The number of hydrogen-bond donors (Lipinski definition) is 0. The molecule has 0 bridgehead atoms. The number of aryl methyl sites for hydroxylation is 1. The summed E-state index contributed by atoms with van der Waals surface area (Å²) in [6, 6.07) is 23.9. The number of nitrogens with zero attached hydrogens (tertiary/aromatic N) is 2. The topological polar surface area (TPSA) is 55.1 Å². The summed E-state index contributed by atoms with van der Waals surface area (Å²) in [5, 5.41) is 10.7. The van der Waals surface area contributed by atoms with Crippen molar-refractivity contribution in [1.29, 1.82) is 5.26 Å². The van der Waals surface area contributed by atoms with Gasteiger partial charge in [0.15, 0.2) is 11.5 Å². The molecule has 4 aromatic rings. The van der Waals surface area contributed by atoms with Gasteiger partial charge in [-0.2, -0.15) is 5.26 Å². The summed E-state index contributed by atoms with van der Waals surface area (Å²) in [7, 11) is 3.15. The molecule has 0 amide bonds. The number of nitriles is 1. The molecule has 4 rings (SSSR count). The minimum atomic E-state index is -0.318. The fourth-order valence-electron chi connectivity index (χ4n) is 3.42. The lowest BCUT2D eigenvalue weighted by atomic mass is 9.99. The van der Waals surface area contributed by atoms with E-state index in [-0.39, 0.29) is 5.82 Å². The van der Waals surface area contributed by atoms with E-state index in [1.54, 1.807) is 32.4 Å². The third-order valence-corrected chi connectivity index (χ3v) is 6.16. The number of halogens is 1. The van der Waals surface area contributed by atoms with Gasteiger partial charge in [-0.05, 0) is 67.1 Å². The van der Waals surface area contributed by atoms with Crippen LogP contribution in [0.25, 0.3) is 22.4 Å². The highest BCUT2D eigenvalue weighted by molar-refractivity contribution is 7.99. The smallest absolute Gasteiger partial charge is 0.161 e. The van der Waals surface area contributed by atoms with Crippen LogP contribution in [-0.2, 0) is 0 Å². The van der Waals surface area contributed by atoms with E-state index in [0.29, 0.717) is 33.3 Å². The van der Waals surface area contributed by atoms with Crippen molar-refractivity contribution in [1.82, 2.24) is 4.98 Å². The van der Waals surface area contributed by atoms with E-state index in [0.717, 1.165) is 21.6 Å². The van der Waals surface area contributed by atoms with Gasteiger partial charge in [-0.15, -0.1) is 0 Å². The van der Waals surface area contributed by atoms with Gasteiger partial charge in [-0.3, -0.25) is 0 Å². The molecule has 0 saturated carbocycles. The summed E-state index contributed by atoms with van der Waals surface area (Å²) in [5.74, 6) is 0.843. The Labute approximate surface area is 196 Å². The minimum absolute atomic E-state index is 0.318. The van der Waals surface area contributed by atoms with Crippen LogP contribution >= 0.6 is 11.8 Å². The van der Waals surface area contributed by atoms with E-state index in [9.17, 15) is 9.65 Å². The molecule has 0 aliphatic heterocycles. The lowest BCUT2D eigenvalue weighted by Crippen LogP contribution is -1.97. The van der Waals surface area contributed by atoms with Crippen LogP contribution in [0.2, 0.25) is 0 Å². The predicted octanol–water partition coefficient (Wildman–Crippen LogP) is 6.90. The molecule has 1 heterocycles. The normalized spacial score (nSPS) is 10.5. The summed E-state index contributed by atoms with van der Waals surface area (Å²) in [5.41, 5.74) is 4.52. The van der Waals surface area contributed by atoms with Crippen LogP contribution in [0.4, 0.5) is 4.39 Å². The molecule has 0 aliphatic carbocycles. The zero-order valence-electron chi connectivity index (χ0n) is 18.4. The van der Waals surface area contributed by atoms with Gasteiger partial charge < -0.3 is 9.47 Å². The van der Waals surface area contributed by atoms with Gasteiger partial charge in [0.2, 0.25) is 0 Å². The van der Waals surface area contributed by atoms with Crippen LogP contribution in [0.3, 0.4) is 0 Å². The zero-order chi connectivity index (χ0) is 23.4. The third-order valence-electron chi connectivity index (χ3n) is 5.17. The Morgan fingerprint density at radius 1 is 0.848 bits per heavy atom. The molecule has 3 aromatic carbocycles. The predicted molar refractivity (Wildman–Crippen MR) is 128 cm³/mol. The van der Waals surface area contributed by atoms with Crippen LogP contribution in [-0.4, -0.2) is 19.2 Å². The molecule has 1 aromatic heterocycles. The zero-order valence-corrected chi connectivity index (χ0v) is 19.2. The van der Waals surface area contributed by atoms with Gasteiger partial charge in [0.05, 0.1) is 25.5 Å². The number of pyridine rings is 1. The van der Waals surface area contributed by atoms with Crippen molar-refractivity contribution in [3.05, 3.63) is 89.7 Å². The van der Waals surface area contributed by atoms with Crippen LogP contribution < -0.4 is 9.47 Å². The molecule has 0 unspecified atom stereocenters. The number of rotatable bonds is 6. The van der Waals surface area contributed by atoms with Crippen molar-refractivity contribution >= 4 is 11.8 Å². The van der Waals surface area contributed by atoms with Gasteiger partial charge in [0.25, 0.3) is 0 Å². The van der Waals surface area contributed by atoms with Crippen LogP contribution in [0.15, 0.2) is 82.7 Å². The second-order valence-corrected chi connectivity index (χ2v) is 8.40. The molecule has 0 N–H and O–H groups in total. The Morgan fingerprint density at radius 3 is 2.15 bits per heavy atom. The summed E-state index contributed by atoms with van der Waals surface area (Å²) < 4.78 is 24.4. The monoisotopic (exact) mass is 456 g/mol. The second-order valence-electron chi connectivity index (χ2n) is 7.34. The number of benzene rings is 3. The maximum absolute atomic E-state index is 13.5. The fraction of sp³-hybridized carbons (Fsp3) is 0.111. The van der Waals surface area contributed by atoms with E-state index >= 15 is 0 Å². The average molecular weight is 457 g/mol. The molecular weight excluding hydrogens is 435 g/mol. The molecule has 33 heavy (non-hydrogen) atoms. The van der Waals surface area contributed by atoms with E-state index in [1.165, 1.54) is 23.9 Å². The van der Waals surface area contributed by atoms with Gasteiger partial charge in [-0.25, -0.2) is 9.37 Å². The highest BCUT2D eigenvalue weighted by Gasteiger charge is 2.18. The first-order valence-corrected chi connectivity index (χ1v) is 11.0. The van der Waals surface area contributed by atoms with Crippen LogP contribution in [0.1, 0.15) is 11.1 Å². The largest absolute Gasteiger partial charge is 0.493 e. The standard InChI is InChI=1S/C27H21FN2O2S/c1-17-4-11-21(12-5-17)33-27-23(16-29)22(19-8-13-25(31-2)26(14-19)32-3)15-24(30-27)18-6-9-20(28)10-7-18/h4-15H,1-3H3. The maximum Gasteiger partial charge on any atom is 0.161 e. The van der Waals surface area contributed by atoms with Gasteiger partial charge >= 0.3 is 0 Å². The highest BCUT2D eigenvalue weighted by atomic mass is 32.2. The number of aromatic nitrogens is 1. The molecule has 164 valence electrons. The van der Waals surface area contributed by atoms with Crippen molar-refractivity contribution in [2.45, 2.75) is 16.8 Å². The summed E-state index contributed by atoms with van der Waals surface area (Å²) >= 11 is 1.42. The SMILES string of the molecule is COc1ccc(-c2cc(-c3ccc(F)cc3)nc(Sc3ccc(C)cc3)c2C#N)cc1OC. The van der Waals surface area contributed by atoms with E-state index in [2.05, 4.69) is 6.07 Å². The number of hydrogen-bond acceptors (Lipinski definition) is 5. The van der Waals surface area contributed by atoms with Crippen molar-refractivity contribution in [2.24, 2.45) is 0 Å². The lowest BCUT2D eigenvalue weighted by molar-refractivity contribution is 0.355. The van der Waals surface area contributed by atoms with Crippen LogP contribution in [0, 0.1) is 24.1 Å². The molecule has 0 radical (unpaired) electrons. The highest BCUT2D eigenvalue weighted by Crippen LogP contribution is 2.39. The van der Waals surface area contributed by atoms with E-state index < -0.39 is 0 Å².